The average Bonchev–Trinajstić information content (AvgIpc) is 2.81. The highest BCUT2D eigenvalue weighted by molar-refractivity contribution is 7.17. The summed E-state index contributed by atoms with van der Waals surface area (Å²) < 4.78 is 0. The first-order valence-electron chi connectivity index (χ1n) is 5.59. The largest absolute Gasteiger partial charge is 0.477 e. The fourth-order valence-corrected chi connectivity index (χ4v) is 2.43. The monoisotopic (exact) mass is 275 g/mol. The summed E-state index contributed by atoms with van der Waals surface area (Å²) in [7, 11) is 3.46. The second-order valence-corrected chi connectivity index (χ2v) is 5.09. The van der Waals surface area contributed by atoms with E-state index in [9.17, 15) is 9.90 Å². The fourth-order valence-electron chi connectivity index (χ4n) is 1.49. The molecular weight excluding hydrogens is 262 g/mol. The molecule has 0 saturated carbocycles. The molecule has 1 aromatic carbocycles. The molecule has 0 amide bonds. The van der Waals surface area contributed by atoms with Crippen LogP contribution in [0.1, 0.15) is 9.67 Å². The smallest absolute Gasteiger partial charge is 0.348 e. The van der Waals surface area contributed by atoms with Gasteiger partial charge in [-0.05, 0) is 11.6 Å². The maximum absolute atomic E-state index is 11.2. The van der Waals surface area contributed by atoms with E-state index in [1.807, 2.05) is 30.3 Å². The van der Waals surface area contributed by atoms with Crippen LogP contribution in [0.4, 0.5) is 5.69 Å². The Balaban J connectivity index is 2.44. The zero-order valence-corrected chi connectivity index (χ0v) is 11.4. The van der Waals surface area contributed by atoms with Gasteiger partial charge in [-0.2, -0.15) is 0 Å². The molecule has 1 aromatic heterocycles. The van der Waals surface area contributed by atoms with Crippen molar-refractivity contribution < 1.29 is 9.90 Å². The number of hydrogen-bond donors (Lipinski definition) is 1. The molecule has 1 N–H and O–H groups in total. The third-order valence-corrected chi connectivity index (χ3v) is 3.46. The Bertz CT molecular complexity index is 606. The minimum absolute atomic E-state index is 0.199. The lowest BCUT2D eigenvalue weighted by molar-refractivity contribution is 0.0703. The van der Waals surface area contributed by atoms with Crippen molar-refractivity contribution in [2.75, 3.05) is 14.1 Å². The first kappa shape index (κ1) is 13.2. The molecule has 0 aliphatic heterocycles. The molecule has 1 heterocycles. The zero-order chi connectivity index (χ0) is 13.8. The molecule has 2 aromatic rings. The Morgan fingerprint density at radius 1 is 1.26 bits per heavy atom. The van der Waals surface area contributed by atoms with Crippen molar-refractivity contribution in [2.45, 2.75) is 0 Å². The van der Waals surface area contributed by atoms with Gasteiger partial charge in [0.25, 0.3) is 0 Å². The predicted molar refractivity (Wildman–Crippen MR) is 74.9 cm³/mol. The molecule has 0 radical (unpaired) electrons. The number of carbonyl (C=O) groups is 1. The van der Waals surface area contributed by atoms with Crippen molar-refractivity contribution in [2.24, 2.45) is 10.3 Å². The van der Waals surface area contributed by atoms with Gasteiger partial charge in [0.1, 0.15) is 10.6 Å². The van der Waals surface area contributed by atoms with Crippen LogP contribution in [0.5, 0.6) is 0 Å². The highest BCUT2D eigenvalue weighted by Crippen LogP contribution is 2.36. The van der Waals surface area contributed by atoms with Crippen LogP contribution >= 0.6 is 11.3 Å². The van der Waals surface area contributed by atoms with Crippen molar-refractivity contribution in [1.29, 1.82) is 0 Å². The van der Waals surface area contributed by atoms with Crippen LogP contribution in [0.15, 0.2) is 46.7 Å². The normalized spacial score (nSPS) is 10.8. The summed E-state index contributed by atoms with van der Waals surface area (Å²) in [5.74, 6) is -0.986. The van der Waals surface area contributed by atoms with E-state index in [-0.39, 0.29) is 4.88 Å². The van der Waals surface area contributed by atoms with E-state index in [0.29, 0.717) is 5.69 Å². The lowest BCUT2D eigenvalue weighted by Crippen LogP contribution is -1.99. The van der Waals surface area contributed by atoms with E-state index in [0.717, 1.165) is 10.4 Å². The van der Waals surface area contributed by atoms with Crippen LogP contribution in [0.3, 0.4) is 0 Å². The van der Waals surface area contributed by atoms with Crippen LogP contribution < -0.4 is 0 Å². The van der Waals surface area contributed by atoms with Gasteiger partial charge in [-0.1, -0.05) is 35.6 Å². The van der Waals surface area contributed by atoms with Gasteiger partial charge < -0.3 is 5.11 Å². The van der Waals surface area contributed by atoms with Gasteiger partial charge >= 0.3 is 5.97 Å². The number of thiophene rings is 1. The first-order chi connectivity index (χ1) is 9.08. The highest BCUT2D eigenvalue weighted by atomic mass is 32.1. The Labute approximate surface area is 114 Å². The predicted octanol–water partition coefficient (Wildman–Crippen LogP) is 3.67. The molecule has 0 aliphatic rings. The minimum atomic E-state index is -0.986. The number of carboxylic acids is 1. The topological polar surface area (TPSA) is 65.3 Å². The molecule has 2 rings (SSSR count). The van der Waals surface area contributed by atoms with Gasteiger partial charge in [0, 0.05) is 19.0 Å². The quantitative estimate of drug-likeness (QED) is 0.684. The van der Waals surface area contributed by atoms with Gasteiger partial charge in [0.15, 0.2) is 0 Å². The maximum Gasteiger partial charge on any atom is 0.348 e. The standard InChI is InChI=1S/C13H13N3O2S/c1-16(2)15-14-10-8-11(19-12(10)13(17)18)9-6-4-3-5-7-9/h3-8H,1-2H3,(H,17,18)/b15-14+. The minimum Gasteiger partial charge on any atom is -0.477 e. The molecule has 0 spiro atoms. The number of hydrogen-bond acceptors (Lipinski definition) is 4. The number of benzene rings is 1. The molecule has 98 valence electrons. The third kappa shape index (κ3) is 3.17. The maximum atomic E-state index is 11.2. The van der Waals surface area contributed by atoms with Crippen LogP contribution in [0, 0.1) is 0 Å². The van der Waals surface area contributed by atoms with Crippen LogP contribution in [-0.4, -0.2) is 30.2 Å². The lowest BCUT2D eigenvalue weighted by Gasteiger charge is -1.99. The Morgan fingerprint density at radius 2 is 1.95 bits per heavy atom. The van der Waals surface area contributed by atoms with E-state index in [4.69, 9.17) is 0 Å². The van der Waals surface area contributed by atoms with Crippen LogP contribution in [-0.2, 0) is 0 Å². The summed E-state index contributed by atoms with van der Waals surface area (Å²) >= 11 is 1.20. The van der Waals surface area contributed by atoms with Gasteiger partial charge in [-0.15, -0.1) is 16.5 Å². The SMILES string of the molecule is CN(C)/N=N/c1cc(-c2ccccc2)sc1C(=O)O. The first-order valence-corrected chi connectivity index (χ1v) is 6.41. The molecule has 6 heteroatoms. The van der Waals surface area contributed by atoms with Gasteiger partial charge in [-0.25, -0.2) is 4.79 Å². The van der Waals surface area contributed by atoms with E-state index < -0.39 is 5.97 Å². The van der Waals surface area contributed by atoms with E-state index >= 15 is 0 Å². The highest BCUT2D eigenvalue weighted by Gasteiger charge is 2.16. The molecular formula is C13H13N3O2S. The summed E-state index contributed by atoms with van der Waals surface area (Å²) in [4.78, 5) is 12.3. The van der Waals surface area contributed by atoms with Crippen LogP contribution in [0.25, 0.3) is 10.4 Å². The van der Waals surface area contributed by atoms with Gasteiger partial charge in [-0.3, -0.25) is 5.01 Å². The molecule has 0 fully saturated rings. The summed E-state index contributed by atoms with van der Waals surface area (Å²) in [6.07, 6.45) is 0. The molecule has 0 atom stereocenters. The van der Waals surface area contributed by atoms with Gasteiger partial charge in [0.2, 0.25) is 0 Å². The van der Waals surface area contributed by atoms with Crippen molar-refractivity contribution >= 4 is 23.0 Å². The second kappa shape index (κ2) is 5.62. The molecule has 0 aliphatic carbocycles. The molecule has 5 nitrogen and oxygen atoms in total. The van der Waals surface area contributed by atoms with Gasteiger partial charge in [0.05, 0.1) is 0 Å². The fraction of sp³-hybridized carbons (Fsp3) is 0.154. The van der Waals surface area contributed by atoms with E-state index in [1.165, 1.54) is 16.3 Å². The number of nitrogens with zero attached hydrogens (tertiary/aromatic N) is 3. The summed E-state index contributed by atoms with van der Waals surface area (Å²) in [6.45, 7) is 0. The molecule has 19 heavy (non-hydrogen) atoms. The van der Waals surface area contributed by atoms with E-state index in [2.05, 4.69) is 10.3 Å². The Morgan fingerprint density at radius 3 is 2.53 bits per heavy atom. The Kier molecular flexibility index (Phi) is 3.91. The van der Waals surface area contributed by atoms with Crippen LogP contribution in [0.2, 0.25) is 0 Å². The Hall–Kier alpha value is -2.21. The van der Waals surface area contributed by atoms with Crippen molar-refractivity contribution in [3.63, 3.8) is 0 Å². The number of aromatic carboxylic acids is 1. The van der Waals surface area contributed by atoms with E-state index in [1.54, 1.807) is 20.2 Å². The lowest BCUT2D eigenvalue weighted by atomic mass is 10.2. The van der Waals surface area contributed by atoms with Crippen molar-refractivity contribution in [3.05, 3.63) is 41.3 Å². The third-order valence-electron chi connectivity index (χ3n) is 2.30. The number of rotatable bonds is 4. The summed E-state index contributed by atoms with van der Waals surface area (Å²) in [6, 6.07) is 11.4. The molecule has 0 unspecified atom stereocenters. The molecule has 0 saturated heterocycles. The zero-order valence-electron chi connectivity index (χ0n) is 10.6. The van der Waals surface area contributed by atoms with Crippen molar-refractivity contribution in [1.82, 2.24) is 5.01 Å². The summed E-state index contributed by atoms with van der Waals surface area (Å²) in [5.41, 5.74) is 1.35. The molecule has 0 bridgehead atoms. The number of carboxylic acid groups (broad SMARTS) is 1. The summed E-state index contributed by atoms with van der Waals surface area (Å²) in [5, 5.41) is 18.5. The average molecular weight is 275 g/mol. The second-order valence-electron chi connectivity index (χ2n) is 4.03. The van der Waals surface area contributed by atoms with Crippen molar-refractivity contribution in [3.8, 4) is 10.4 Å².